The lowest BCUT2D eigenvalue weighted by Gasteiger charge is -2.10. The van der Waals surface area contributed by atoms with E-state index in [0.29, 0.717) is 5.75 Å². The Morgan fingerprint density at radius 3 is 2.74 bits per heavy atom. The molecule has 0 bridgehead atoms. The smallest absolute Gasteiger partial charge is 0.341 e. The number of hydrogen-bond donors (Lipinski definition) is 1. The standard InChI is InChI=1S/C14H12FNO3/c1-8-3-4-9(2)12(5-8)19-13-11(14(17)18)6-10(15)7-16-13/h3-7H,1-2H3,(H,17,18). The maximum atomic E-state index is 13.0. The molecule has 0 amide bonds. The number of carboxylic acids is 1. The average molecular weight is 261 g/mol. The summed E-state index contributed by atoms with van der Waals surface area (Å²) >= 11 is 0. The predicted molar refractivity (Wildman–Crippen MR) is 67.1 cm³/mol. The number of ether oxygens (including phenoxy) is 1. The van der Waals surface area contributed by atoms with E-state index in [2.05, 4.69) is 4.98 Å². The van der Waals surface area contributed by atoms with Crippen LogP contribution in [0.3, 0.4) is 0 Å². The van der Waals surface area contributed by atoms with Gasteiger partial charge in [0, 0.05) is 0 Å². The monoisotopic (exact) mass is 261 g/mol. The Morgan fingerprint density at radius 1 is 1.32 bits per heavy atom. The molecule has 1 aromatic carbocycles. The maximum Gasteiger partial charge on any atom is 0.341 e. The second kappa shape index (κ2) is 5.06. The van der Waals surface area contributed by atoms with Crippen molar-refractivity contribution < 1.29 is 19.0 Å². The van der Waals surface area contributed by atoms with Gasteiger partial charge in [-0.3, -0.25) is 0 Å². The van der Waals surface area contributed by atoms with E-state index in [1.807, 2.05) is 26.0 Å². The molecule has 2 aromatic rings. The predicted octanol–water partition coefficient (Wildman–Crippen LogP) is 3.33. The van der Waals surface area contributed by atoms with Crippen LogP contribution in [0.1, 0.15) is 21.5 Å². The Morgan fingerprint density at radius 2 is 2.05 bits per heavy atom. The highest BCUT2D eigenvalue weighted by molar-refractivity contribution is 5.90. The number of aromatic nitrogens is 1. The summed E-state index contributed by atoms with van der Waals surface area (Å²) in [6, 6.07) is 6.43. The molecule has 1 N–H and O–H groups in total. The molecule has 98 valence electrons. The van der Waals surface area contributed by atoms with E-state index in [-0.39, 0.29) is 11.4 Å². The number of carbonyl (C=O) groups is 1. The normalized spacial score (nSPS) is 10.3. The van der Waals surface area contributed by atoms with Gasteiger partial charge in [-0.25, -0.2) is 14.2 Å². The summed E-state index contributed by atoms with van der Waals surface area (Å²) in [6.45, 7) is 3.72. The minimum atomic E-state index is -1.28. The van der Waals surface area contributed by atoms with Crippen molar-refractivity contribution in [3.8, 4) is 11.6 Å². The third kappa shape index (κ3) is 2.88. The Labute approximate surface area is 109 Å². The molecule has 0 atom stereocenters. The van der Waals surface area contributed by atoms with E-state index in [0.717, 1.165) is 23.4 Å². The molecule has 0 saturated carbocycles. The van der Waals surface area contributed by atoms with Crippen molar-refractivity contribution in [2.24, 2.45) is 0 Å². The fourth-order valence-corrected chi connectivity index (χ4v) is 1.58. The summed E-state index contributed by atoms with van der Waals surface area (Å²) in [5, 5.41) is 9.01. The van der Waals surface area contributed by atoms with Gasteiger partial charge in [0.2, 0.25) is 5.88 Å². The van der Waals surface area contributed by atoms with E-state index in [4.69, 9.17) is 9.84 Å². The number of carboxylic acid groups (broad SMARTS) is 1. The molecule has 0 fully saturated rings. The van der Waals surface area contributed by atoms with Crippen LogP contribution in [-0.2, 0) is 0 Å². The average Bonchev–Trinajstić information content (AvgIpc) is 2.35. The molecule has 0 saturated heterocycles. The third-order valence-electron chi connectivity index (χ3n) is 2.60. The van der Waals surface area contributed by atoms with E-state index >= 15 is 0 Å². The van der Waals surface area contributed by atoms with E-state index in [1.165, 1.54) is 0 Å². The van der Waals surface area contributed by atoms with Crippen LogP contribution < -0.4 is 4.74 Å². The van der Waals surface area contributed by atoms with Crippen LogP contribution in [0, 0.1) is 19.7 Å². The van der Waals surface area contributed by atoms with Gasteiger partial charge in [0.1, 0.15) is 17.1 Å². The van der Waals surface area contributed by atoms with Gasteiger partial charge in [0.15, 0.2) is 0 Å². The molecule has 0 radical (unpaired) electrons. The summed E-state index contributed by atoms with van der Waals surface area (Å²) in [5.41, 5.74) is 1.51. The Kier molecular flexibility index (Phi) is 3.46. The summed E-state index contributed by atoms with van der Waals surface area (Å²) < 4.78 is 18.5. The summed E-state index contributed by atoms with van der Waals surface area (Å²) in [4.78, 5) is 14.7. The van der Waals surface area contributed by atoms with E-state index < -0.39 is 11.8 Å². The van der Waals surface area contributed by atoms with Crippen LogP contribution in [0.4, 0.5) is 4.39 Å². The number of hydrogen-bond acceptors (Lipinski definition) is 3. The number of pyridine rings is 1. The second-order valence-electron chi connectivity index (χ2n) is 4.18. The van der Waals surface area contributed by atoms with Gasteiger partial charge in [0.25, 0.3) is 0 Å². The van der Waals surface area contributed by atoms with Crippen molar-refractivity contribution in [2.45, 2.75) is 13.8 Å². The lowest BCUT2D eigenvalue weighted by molar-refractivity contribution is 0.0692. The molecule has 0 aliphatic heterocycles. The fourth-order valence-electron chi connectivity index (χ4n) is 1.58. The lowest BCUT2D eigenvalue weighted by Crippen LogP contribution is -2.03. The van der Waals surface area contributed by atoms with Crippen LogP contribution in [0.15, 0.2) is 30.5 Å². The molecule has 0 spiro atoms. The van der Waals surface area contributed by atoms with Crippen molar-refractivity contribution in [1.29, 1.82) is 0 Å². The van der Waals surface area contributed by atoms with Crippen LogP contribution in [0.5, 0.6) is 11.6 Å². The van der Waals surface area contributed by atoms with Crippen LogP contribution in [0.25, 0.3) is 0 Å². The van der Waals surface area contributed by atoms with E-state index in [1.54, 1.807) is 6.07 Å². The van der Waals surface area contributed by atoms with Crippen molar-refractivity contribution >= 4 is 5.97 Å². The summed E-state index contributed by atoms with van der Waals surface area (Å²) in [6.07, 6.45) is 0.924. The van der Waals surface area contributed by atoms with Gasteiger partial charge in [-0.05, 0) is 37.1 Å². The number of aromatic carboxylic acids is 1. The van der Waals surface area contributed by atoms with Gasteiger partial charge < -0.3 is 9.84 Å². The van der Waals surface area contributed by atoms with Crippen LogP contribution >= 0.6 is 0 Å². The first-order valence-electron chi connectivity index (χ1n) is 5.61. The number of benzene rings is 1. The number of rotatable bonds is 3. The summed E-state index contributed by atoms with van der Waals surface area (Å²) in [7, 11) is 0. The molecular formula is C14H12FNO3. The molecule has 0 aliphatic rings. The molecule has 1 heterocycles. The van der Waals surface area contributed by atoms with E-state index in [9.17, 15) is 9.18 Å². The fraction of sp³-hybridized carbons (Fsp3) is 0.143. The van der Waals surface area contributed by atoms with Gasteiger partial charge in [0.05, 0.1) is 6.20 Å². The minimum Gasteiger partial charge on any atom is -0.477 e. The molecule has 2 rings (SSSR count). The molecule has 19 heavy (non-hydrogen) atoms. The Bertz CT molecular complexity index is 641. The van der Waals surface area contributed by atoms with Crippen LogP contribution in [-0.4, -0.2) is 16.1 Å². The zero-order chi connectivity index (χ0) is 14.0. The second-order valence-corrected chi connectivity index (χ2v) is 4.18. The SMILES string of the molecule is Cc1ccc(C)c(Oc2ncc(F)cc2C(=O)O)c1. The number of halogens is 1. The largest absolute Gasteiger partial charge is 0.477 e. The van der Waals surface area contributed by atoms with Gasteiger partial charge >= 0.3 is 5.97 Å². The quantitative estimate of drug-likeness (QED) is 0.920. The first kappa shape index (κ1) is 13.0. The Balaban J connectivity index is 2.43. The highest BCUT2D eigenvalue weighted by Crippen LogP contribution is 2.27. The maximum absolute atomic E-state index is 13.0. The highest BCUT2D eigenvalue weighted by Gasteiger charge is 2.15. The first-order valence-corrected chi connectivity index (χ1v) is 5.61. The van der Waals surface area contributed by atoms with Gasteiger partial charge in [-0.15, -0.1) is 0 Å². The van der Waals surface area contributed by atoms with Crippen molar-refractivity contribution in [3.05, 3.63) is 53.0 Å². The van der Waals surface area contributed by atoms with Gasteiger partial charge in [-0.2, -0.15) is 0 Å². The number of nitrogens with zero attached hydrogens (tertiary/aromatic N) is 1. The lowest BCUT2D eigenvalue weighted by atomic mass is 10.1. The Hall–Kier alpha value is -2.43. The van der Waals surface area contributed by atoms with Gasteiger partial charge in [-0.1, -0.05) is 12.1 Å². The molecule has 0 aliphatic carbocycles. The molecule has 1 aromatic heterocycles. The molecule has 5 heteroatoms. The van der Waals surface area contributed by atoms with Crippen molar-refractivity contribution in [3.63, 3.8) is 0 Å². The van der Waals surface area contributed by atoms with Crippen LogP contribution in [0.2, 0.25) is 0 Å². The third-order valence-corrected chi connectivity index (χ3v) is 2.60. The zero-order valence-corrected chi connectivity index (χ0v) is 10.5. The zero-order valence-electron chi connectivity index (χ0n) is 10.5. The minimum absolute atomic E-state index is 0.123. The van der Waals surface area contributed by atoms with Crippen molar-refractivity contribution in [1.82, 2.24) is 4.98 Å². The molecule has 0 unspecified atom stereocenters. The number of aryl methyl sites for hydroxylation is 2. The highest BCUT2D eigenvalue weighted by atomic mass is 19.1. The first-order chi connectivity index (χ1) is 8.97. The molecule has 4 nitrogen and oxygen atoms in total. The molecular weight excluding hydrogens is 249 g/mol. The van der Waals surface area contributed by atoms with Crippen molar-refractivity contribution in [2.75, 3.05) is 0 Å². The summed E-state index contributed by atoms with van der Waals surface area (Å²) in [5.74, 6) is -1.62. The topological polar surface area (TPSA) is 59.4 Å².